The van der Waals surface area contributed by atoms with Crippen LogP contribution in [0.2, 0.25) is 0 Å². The molecule has 7 heteroatoms. The first-order chi connectivity index (χ1) is 9.47. The lowest BCUT2D eigenvalue weighted by molar-refractivity contribution is 0.273. The highest BCUT2D eigenvalue weighted by molar-refractivity contribution is 5.97. The van der Waals surface area contributed by atoms with Crippen molar-refractivity contribution in [2.45, 2.75) is 6.54 Å². The molecule has 0 fully saturated rings. The highest BCUT2D eigenvalue weighted by Gasteiger charge is 2.17. The van der Waals surface area contributed by atoms with E-state index < -0.39 is 22.2 Å². The van der Waals surface area contributed by atoms with Gasteiger partial charge in [-0.25, -0.2) is 0 Å². The van der Waals surface area contributed by atoms with E-state index in [1.807, 2.05) is 0 Å². The average molecular weight is 274 g/mol. The summed E-state index contributed by atoms with van der Waals surface area (Å²) in [5, 5.41) is 9.31. The van der Waals surface area contributed by atoms with E-state index in [0.29, 0.717) is 0 Å². The standard InChI is InChI=1S/C13H10N2O5/c1-14-10(17)6-4-8-9(5-7(6)11(14)18)13(20)15(2-3-16)12(8)19/h4-5,16H,2-3H2,1H3. The third-order valence-electron chi connectivity index (χ3n) is 3.50. The summed E-state index contributed by atoms with van der Waals surface area (Å²) in [6.07, 6.45) is 0. The fourth-order valence-electron chi connectivity index (χ4n) is 2.45. The zero-order valence-electron chi connectivity index (χ0n) is 10.5. The second-order valence-corrected chi connectivity index (χ2v) is 4.60. The van der Waals surface area contributed by atoms with E-state index in [0.717, 1.165) is 9.13 Å². The molecule has 0 aliphatic rings. The van der Waals surface area contributed by atoms with Gasteiger partial charge >= 0.3 is 0 Å². The Hall–Kier alpha value is -2.54. The molecule has 0 bridgehead atoms. The van der Waals surface area contributed by atoms with E-state index in [1.54, 1.807) is 0 Å². The van der Waals surface area contributed by atoms with Crippen LogP contribution in [-0.2, 0) is 13.6 Å². The zero-order valence-corrected chi connectivity index (χ0v) is 10.5. The molecule has 1 N–H and O–H groups in total. The van der Waals surface area contributed by atoms with Crippen LogP contribution in [0.15, 0.2) is 31.3 Å². The van der Waals surface area contributed by atoms with Gasteiger partial charge in [0.05, 0.1) is 34.7 Å². The number of hydrogen-bond acceptors (Lipinski definition) is 5. The Balaban J connectivity index is 2.59. The van der Waals surface area contributed by atoms with Crippen molar-refractivity contribution in [3.8, 4) is 0 Å². The van der Waals surface area contributed by atoms with Crippen molar-refractivity contribution in [1.29, 1.82) is 0 Å². The molecule has 1 aromatic carbocycles. The van der Waals surface area contributed by atoms with Crippen LogP contribution in [0.25, 0.3) is 21.5 Å². The first-order valence-corrected chi connectivity index (χ1v) is 5.95. The summed E-state index contributed by atoms with van der Waals surface area (Å²) >= 11 is 0. The Labute approximate surface area is 110 Å². The Morgan fingerprint density at radius 1 is 0.850 bits per heavy atom. The van der Waals surface area contributed by atoms with Gasteiger partial charge in [-0.15, -0.1) is 0 Å². The molecule has 0 radical (unpaired) electrons. The minimum absolute atomic E-state index is 0.0960. The van der Waals surface area contributed by atoms with Gasteiger partial charge in [-0.2, -0.15) is 0 Å². The number of hydrogen-bond donors (Lipinski definition) is 1. The van der Waals surface area contributed by atoms with Gasteiger partial charge in [0.15, 0.2) is 0 Å². The summed E-state index contributed by atoms with van der Waals surface area (Å²) in [4.78, 5) is 47.8. The van der Waals surface area contributed by atoms with Gasteiger partial charge in [-0.05, 0) is 12.1 Å². The number of nitrogens with zero attached hydrogens (tertiary/aromatic N) is 2. The van der Waals surface area contributed by atoms with Crippen LogP contribution in [0.4, 0.5) is 0 Å². The molecule has 0 unspecified atom stereocenters. The zero-order chi connectivity index (χ0) is 14.6. The average Bonchev–Trinajstić information content (AvgIpc) is 2.80. The second-order valence-electron chi connectivity index (χ2n) is 4.60. The molecule has 102 valence electrons. The van der Waals surface area contributed by atoms with Crippen molar-refractivity contribution in [3.63, 3.8) is 0 Å². The molecule has 0 atom stereocenters. The van der Waals surface area contributed by atoms with Gasteiger partial charge < -0.3 is 5.11 Å². The number of benzene rings is 1. The Morgan fingerprint density at radius 3 is 1.65 bits per heavy atom. The summed E-state index contributed by atoms with van der Waals surface area (Å²) in [7, 11) is 1.34. The largest absolute Gasteiger partial charge is 0.395 e. The topological polar surface area (TPSA) is 98.4 Å². The highest BCUT2D eigenvalue weighted by atomic mass is 16.3. The molecule has 0 amide bonds. The molecule has 0 aliphatic heterocycles. The van der Waals surface area contributed by atoms with Gasteiger partial charge in [0.1, 0.15) is 0 Å². The Morgan fingerprint density at radius 2 is 1.25 bits per heavy atom. The van der Waals surface area contributed by atoms with Gasteiger partial charge in [0, 0.05) is 7.05 Å². The number of aliphatic hydroxyl groups excluding tert-OH is 1. The Bertz CT molecular complexity index is 968. The van der Waals surface area contributed by atoms with E-state index in [1.165, 1.54) is 19.2 Å². The van der Waals surface area contributed by atoms with Crippen LogP contribution >= 0.6 is 0 Å². The normalized spacial score (nSPS) is 11.7. The third kappa shape index (κ3) is 1.38. The van der Waals surface area contributed by atoms with Gasteiger partial charge in [0.25, 0.3) is 22.2 Å². The predicted molar refractivity (Wildman–Crippen MR) is 73.0 cm³/mol. The second kappa shape index (κ2) is 3.97. The summed E-state index contributed by atoms with van der Waals surface area (Å²) in [5.74, 6) is 0. The van der Waals surface area contributed by atoms with E-state index in [2.05, 4.69) is 0 Å². The molecule has 2 aromatic heterocycles. The minimum atomic E-state index is -0.559. The summed E-state index contributed by atoms with van der Waals surface area (Å²) in [5.41, 5.74) is -2.10. The molecule has 3 rings (SSSR count). The highest BCUT2D eigenvalue weighted by Crippen LogP contribution is 2.13. The lowest BCUT2D eigenvalue weighted by Gasteiger charge is -1.92. The predicted octanol–water partition coefficient (Wildman–Crippen LogP) is -1.56. The van der Waals surface area contributed by atoms with E-state index in [9.17, 15) is 19.2 Å². The summed E-state index contributed by atoms with van der Waals surface area (Å²) in [6.45, 7) is -0.454. The number of aliphatic hydroxyl groups is 1. The number of fused-ring (bicyclic) bond motifs is 2. The van der Waals surface area contributed by atoms with Gasteiger partial charge in [-0.1, -0.05) is 0 Å². The fourth-order valence-corrected chi connectivity index (χ4v) is 2.45. The molecule has 0 saturated carbocycles. The molecule has 0 spiro atoms. The van der Waals surface area contributed by atoms with Crippen LogP contribution in [0.5, 0.6) is 0 Å². The monoisotopic (exact) mass is 274 g/mol. The van der Waals surface area contributed by atoms with Crippen molar-refractivity contribution in [3.05, 3.63) is 53.5 Å². The van der Waals surface area contributed by atoms with Gasteiger partial charge in [-0.3, -0.25) is 28.3 Å². The third-order valence-corrected chi connectivity index (χ3v) is 3.50. The van der Waals surface area contributed by atoms with Crippen molar-refractivity contribution in [2.75, 3.05) is 6.61 Å². The van der Waals surface area contributed by atoms with Crippen LogP contribution in [0.3, 0.4) is 0 Å². The fraction of sp³-hybridized carbons (Fsp3) is 0.231. The maximum absolute atomic E-state index is 12.1. The maximum atomic E-state index is 12.1. The van der Waals surface area contributed by atoms with Crippen molar-refractivity contribution < 1.29 is 5.11 Å². The minimum Gasteiger partial charge on any atom is -0.395 e. The summed E-state index contributed by atoms with van der Waals surface area (Å²) < 4.78 is 1.85. The molecule has 0 aliphatic carbocycles. The molecule has 3 aromatic rings. The van der Waals surface area contributed by atoms with E-state index >= 15 is 0 Å². The maximum Gasteiger partial charge on any atom is 0.261 e. The van der Waals surface area contributed by atoms with Crippen molar-refractivity contribution in [2.24, 2.45) is 7.05 Å². The molecule has 7 nitrogen and oxygen atoms in total. The molecule has 2 heterocycles. The van der Waals surface area contributed by atoms with E-state index in [-0.39, 0.29) is 34.7 Å². The first kappa shape index (κ1) is 12.5. The Kier molecular flexibility index (Phi) is 2.48. The number of rotatable bonds is 2. The summed E-state index contributed by atoms with van der Waals surface area (Å²) in [6, 6.07) is 2.57. The smallest absolute Gasteiger partial charge is 0.261 e. The van der Waals surface area contributed by atoms with Crippen LogP contribution in [-0.4, -0.2) is 20.8 Å². The lowest BCUT2D eigenvalue weighted by atomic mass is 10.1. The van der Waals surface area contributed by atoms with Gasteiger partial charge in [0.2, 0.25) is 0 Å². The molecule has 0 saturated heterocycles. The molecular formula is C13H10N2O5. The van der Waals surface area contributed by atoms with Crippen LogP contribution < -0.4 is 22.2 Å². The first-order valence-electron chi connectivity index (χ1n) is 5.95. The van der Waals surface area contributed by atoms with Crippen molar-refractivity contribution >= 4 is 21.5 Å². The van der Waals surface area contributed by atoms with Crippen LogP contribution in [0, 0.1) is 0 Å². The van der Waals surface area contributed by atoms with Crippen molar-refractivity contribution in [1.82, 2.24) is 9.13 Å². The molecular weight excluding hydrogens is 264 g/mol. The quantitative estimate of drug-likeness (QED) is 0.609. The van der Waals surface area contributed by atoms with Crippen LogP contribution in [0.1, 0.15) is 0 Å². The van der Waals surface area contributed by atoms with E-state index in [4.69, 9.17) is 5.11 Å². The number of aromatic nitrogens is 2. The SMILES string of the molecule is Cn1c(=O)c2cc3c(=O)n(CCO)c(=O)c3cc2c1=O. The molecule has 20 heavy (non-hydrogen) atoms. The lowest BCUT2D eigenvalue weighted by Crippen LogP contribution is -2.26.